The highest BCUT2D eigenvalue weighted by molar-refractivity contribution is 5.85. The molecule has 0 radical (unpaired) electrons. The second-order valence-electron chi connectivity index (χ2n) is 7.81. The number of nitrogens with zero attached hydrogens (tertiary/aromatic N) is 1. The van der Waals surface area contributed by atoms with Gasteiger partial charge in [-0.05, 0) is 56.7 Å². The largest absolute Gasteiger partial charge is 0.455 e. The lowest BCUT2D eigenvalue weighted by atomic mass is 9.98. The minimum atomic E-state index is -0.150. The fourth-order valence-corrected chi connectivity index (χ4v) is 3.88. The molecule has 32 heavy (non-hydrogen) atoms. The average Bonchev–Trinajstić information content (AvgIpc) is 2.81. The Balaban J connectivity index is 1.86. The Kier molecular flexibility index (Phi) is 5.99. The van der Waals surface area contributed by atoms with Crippen molar-refractivity contribution >= 4 is 28.9 Å². The Morgan fingerprint density at radius 1 is 1.09 bits per heavy atom. The summed E-state index contributed by atoms with van der Waals surface area (Å²) in [6.45, 7) is 5.83. The third-order valence-electron chi connectivity index (χ3n) is 5.46. The molecule has 2 N–H and O–H groups in total. The molecule has 1 atom stereocenters. The highest BCUT2D eigenvalue weighted by atomic mass is 16.3. The maximum absolute atomic E-state index is 13.3. The van der Waals surface area contributed by atoms with Crippen LogP contribution in [0.4, 0.5) is 5.69 Å². The van der Waals surface area contributed by atoms with Crippen molar-refractivity contribution in [1.82, 2.24) is 4.98 Å². The summed E-state index contributed by atoms with van der Waals surface area (Å²) >= 11 is 0. The molecule has 0 saturated carbocycles. The highest BCUT2D eigenvalue weighted by Crippen LogP contribution is 2.32. The summed E-state index contributed by atoms with van der Waals surface area (Å²) in [5.74, 6) is 0.594. The van der Waals surface area contributed by atoms with E-state index in [9.17, 15) is 4.79 Å². The molecular weight excluding hydrogens is 398 g/mol. The standard InChI is InChI=1S/C27H25N3O2/c1-17-15-21(19(3)30-24-12-8-14-29-23(24)11-7-13-28)27-22(16-17)25(31)18(2)26(32-27)20-9-5-4-6-10-20/h4-16,19,28,30H,1-3H3/t19-/m1/s1. The zero-order valence-electron chi connectivity index (χ0n) is 18.3. The zero-order chi connectivity index (χ0) is 22.7. The van der Waals surface area contributed by atoms with Crippen LogP contribution in [0, 0.1) is 19.3 Å². The van der Waals surface area contributed by atoms with Crippen molar-refractivity contribution in [2.75, 3.05) is 5.32 Å². The SMILES string of the molecule is Cc1cc([C@@H](C)Nc2cccnc2C=CC=N)c2oc(-c3ccccc3)c(C)c(=O)c2c1. The van der Waals surface area contributed by atoms with E-state index in [0.29, 0.717) is 22.3 Å². The second-order valence-corrected chi connectivity index (χ2v) is 7.81. The zero-order valence-corrected chi connectivity index (χ0v) is 18.3. The molecule has 0 unspecified atom stereocenters. The molecule has 2 aromatic heterocycles. The number of allylic oxidation sites excluding steroid dienone is 1. The molecule has 0 aliphatic heterocycles. The van der Waals surface area contributed by atoms with Crippen LogP contribution in [0.3, 0.4) is 0 Å². The van der Waals surface area contributed by atoms with E-state index in [-0.39, 0.29) is 11.5 Å². The Morgan fingerprint density at radius 2 is 1.88 bits per heavy atom. The maximum atomic E-state index is 13.3. The van der Waals surface area contributed by atoms with Gasteiger partial charge >= 0.3 is 0 Å². The molecule has 4 aromatic rings. The Bertz CT molecular complexity index is 1370. The molecule has 5 heteroatoms. The lowest BCUT2D eigenvalue weighted by molar-refractivity contribution is 0.605. The van der Waals surface area contributed by atoms with Crippen molar-refractivity contribution < 1.29 is 4.42 Å². The molecular formula is C27H25N3O2. The van der Waals surface area contributed by atoms with E-state index in [1.165, 1.54) is 6.21 Å². The summed E-state index contributed by atoms with van der Waals surface area (Å²) in [4.78, 5) is 17.7. The first-order valence-electron chi connectivity index (χ1n) is 10.5. The van der Waals surface area contributed by atoms with Gasteiger partial charge in [0.1, 0.15) is 11.3 Å². The van der Waals surface area contributed by atoms with Crippen molar-refractivity contribution in [1.29, 1.82) is 5.41 Å². The molecule has 2 aromatic carbocycles. The Morgan fingerprint density at radius 3 is 2.62 bits per heavy atom. The normalized spacial score (nSPS) is 12.2. The van der Waals surface area contributed by atoms with Gasteiger partial charge in [-0.3, -0.25) is 9.78 Å². The summed E-state index contributed by atoms with van der Waals surface area (Å²) in [5.41, 5.74) is 5.53. The van der Waals surface area contributed by atoms with Crippen LogP contribution in [0.15, 0.2) is 76.1 Å². The first-order valence-corrected chi connectivity index (χ1v) is 10.5. The van der Waals surface area contributed by atoms with E-state index >= 15 is 0 Å². The van der Waals surface area contributed by atoms with Gasteiger partial charge in [-0.25, -0.2) is 0 Å². The quantitative estimate of drug-likeness (QED) is 0.356. The Labute approximate surface area is 187 Å². The molecule has 160 valence electrons. The number of nitrogens with one attached hydrogen (secondary N) is 2. The predicted octanol–water partition coefficient (Wildman–Crippen LogP) is 6.31. The fraction of sp³-hybridized carbons (Fsp3) is 0.148. The van der Waals surface area contributed by atoms with Gasteiger partial charge in [-0.1, -0.05) is 36.4 Å². The van der Waals surface area contributed by atoms with E-state index in [1.807, 2.05) is 69.3 Å². The smallest absolute Gasteiger partial charge is 0.196 e. The van der Waals surface area contributed by atoms with Crippen LogP contribution in [0.5, 0.6) is 0 Å². The highest BCUT2D eigenvalue weighted by Gasteiger charge is 2.19. The van der Waals surface area contributed by atoms with Gasteiger partial charge in [-0.2, -0.15) is 0 Å². The number of aromatic nitrogens is 1. The van der Waals surface area contributed by atoms with Crippen LogP contribution in [-0.2, 0) is 0 Å². The number of aryl methyl sites for hydroxylation is 1. The van der Waals surface area contributed by atoms with Gasteiger partial charge in [0.25, 0.3) is 0 Å². The number of anilines is 1. The number of rotatable bonds is 6. The van der Waals surface area contributed by atoms with E-state index in [1.54, 1.807) is 18.3 Å². The number of hydrogen-bond donors (Lipinski definition) is 2. The third-order valence-corrected chi connectivity index (χ3v) is 5.46. The lowest BCUT2D eigenvalue weighted by Gasteiger charge is -2.19. The third kappa shape index (κ3) is 4.10. The molecule has 0 saturated heterocycles. The molecule has 5 nitrogen and oxygen atoms in total. The van der Waals surface area contributed by atoms with Gasteiger partial charge in [0.05, 0.1) is 22.8 Å². The monoisotopic (exact) mass is 423 g/mol. The minimum absolute atomic E-state index is 0.0155. The summed E-state index contributed by atoms with van der Waals surface area (Å²) in [5, 5.41) is 11.3. The number of pyridine rings is 1. The van der Waals surface area contributed by atoms with Gasteiger partial charge in [0, 0.05) is 29.1 Å². The fourth-order valence-electron chi connectivity index (χ4n) is 3.88. The van der Waals surface area contributed by atoms with Gasteiger partial charge in [0.2, 0.25) is 0 Å². The van der Waals surface area contributed by atoms with Gasteiger partial charge in [-0.15, -0.1) is 0 Å². The van der Waals surface area contributed by atoms with Crippen LogP contribution in [0.1, 0.15) is 35.3 Å². The van der Waals surface area contributed by atoms with Crippen LogP contribution in [0.2, 0.25) is 0 Å². The summed E-state index contributed by atoms with van der Waals surface area (Å²) < 4.78 is 6.40. The molecule has 4 rings (SSSR count). The van der Waals surface area contributed by atoms with Crippen molar-refractivity contribution in [2.45, 2.75) is 26.8 Å². The lowest BCUT2D eigenvalue weighted by Crippen LogP contribution is -2.13. The summed E-state index contributed by atoms with van der Waals surface area (Å²) in [6, 6.07) is 17.3. The van der Waals surface area contributed by atoms with Crippen molar-refractivity contribution in [3.8, 4) is 11.3 Å². The summed E-state index contributed by atoms with van der Waals surface area (Å²) in [6.07, 6.45) is 6.36. The number of benzene rings is 2. The van der Waals surface area contributed by atoms with E-state index in [0.717, 1.165) is 28.1 Å². The summed E-state index contributed by atoms with van der Waals surface area (Å²) in [7, 11) is 0. The van der Waals surface area contributed by atoms with E-state index in [4.69, 9.17) is 9.83 Å². The topological polar surface area (TPSA) is 79.0 Å². The van der Waals surface area contributed by atoms with Gasteiger partial charge < -0.3 is 15.1 Å². The van der Waals surface area contributed by atoms with Crippen LogP contribution < -0.4 is 10.7 Å². The van der Waals surface area contributed by atoms with Gasteiger partial charge in [0.15, 0.2) is 5.43 Å². The first kappa shape index (κ1) is 21.2. The molecule has 0 aliphatic rings. The molecule has 0 spiro atoms. The Hall–Kier alpha value is -3.99. The number of fused-ring (bicyclic) bond motifs is 1. The van der Waals surface area contributed by atoms with Crippen LogP contribution in [0.25, 0.3) is 28.4 Å². The maximum Gasteiger partial charge on any atom is 0.196 e. The van der Waals surface area contributed by atoms with E-state index < -0.39 is 0 Å². The molecule has 0 aliphatic carbocycles. The molecule has 2 heterocycles. The number of hydrogen-bond acceptors (Lipinski definition) is 5. The first-order chi connectivity index (χ1) is 15.5. The molecule has 0 amide bonds. The average molecular weight is 424 g/mol. The van der Waals surface area contributed by atoms with Crippen molar-refractivity contribution in [3.63, 3.8) is 0 Å². The van der Waals surface area contributed by atoms with Crippen molar-refractivity contribution in [3.05, 3.63) is 99.5 Å². The molecule has 0 fully saturated rings. The minimum Gasteiger partial charge on any atom is -0.455 e. The molecule has 0 bridgehead atoms. The van der Waals surface area contributed by atoms with Crippen LogP contribution >= 0.6 is 0 Å². The second kappa shape index (κ2) is 9.02. The predicted molar refractivity (Wildman–Crippen MR) is 131 cm³/mol. The van der Waals surface area contributed by atoms with E-state index in [2.05, 4.69) is 16.4 Å². The van der Waals surface area contributed by atoms with Crippen molar-refractivity contribution in [2.24, 2.45) is 0 Å². The van der Waals surface area contributed by atoms with Crippen LogP contribution in [-0.4, -0.2) is 11.2 Å².